The van der Waals surface area contributed by atoms with E-state index in [1.54, 1.807) is 0 Å². The van der Waals surface area contributed by atoms with Crippen LogP contribution in [0, 0.1) is 5.41 Å². The standard InChI is InChI=1S/C20H26N2O/c1-20(12-6-5-9-18(20)23)15-22-19(16-7-3-2-4-8-16)17-10-13-21-14-11-17/h2-4,7-8,10-11,13-14,18-19,22-23H,5-6,9,12,15H2,1H3. The van der Waals surface area contributed by atoms with Gasteiger partial charge >= 0.3 is 0 Å². The zero-order valence-electron chi connectivity index (χ0n) is 13.8. The molecule has 3 unspecified atom stereocenters. The van der Waals surface area contributed by atoms with E-state index in [-0.39, 0.29) is 17.6 Å². The molecule has 122 valence electrons. The average molecular weight is 310 g/mol. The zero-order valence-corrected chi connectivity index (χ0v) is 13.8. The van der Waals surface area contributed by atoms with Crippen LogP contribution in [0.4, 0.5) is 0 Å². The van der Waals surface area contributed by atoms with Gasteiger partial charge in [0.25, 0.3) is 0 Å². The summed E-state index contributed by atoms with van der Waals surface area (Å²) in [5, 5.41) is 14.1. The number of aromatic nitrogens is 1. The van der Waals surface area contributed by atoms with E-state index in [1.807, 2.05) is 18.5 Å². The predicted molar refractivity (Wildman–Crippen MR) is 93.1 cm³/mol. The second kappa shape index (κ2) is 7.24. The molecule has 1 aliphatic carbocycles. The van der Waals surface area contributed by atoms with E-state index >= 15 is 0 Å². The highest BCUT2D eigenvalue weighted by molar-refractivity contribution is 5.30. The molecule has 2 aromatic rings. The smallest absolute Gasteiger partial charge is 0.0605 e. The molecule has 1 heterocycles. The topological polar surface area (TPSA) is 45.2 Å². The van der Waals surface area contributed by atoms with Gasteiger partial charge in [-0.1, -0.05) is 50.1 Å². The maximum atomic E-state index is 10.4. The van der Waals surface area contributed by atoms with Gasteiger partial charge in [-0.25, -0.2) is 0 Å². The molecule has 1 aliphatic rings. The first-order chi connectivity index (χ1) is 11.2. The number of nitrogens with zero attached hydrogens (tertiary/aromatic N) is 1. The van der Waals surface area contributed by atoms with Crippen LogP contribution in [-0.2, 0) is 0 Å². The molecule has 0 spiro atoms. The quantitative estimate of drug-likeness (QED) is 0.885. The first-order valence-electron chi connectivity index (χ1n) is 8.55. The Morgan fingerprint density at radius 3 is 2.52 bits per heavy atom. The molecule has 3 atom stereocenters. The molecule has 2 N–H and O–H groups in total. The Labute approximate surface area is 138 Å². The molecular formula is C20H26N2O. The molecule has 0 saturated heterocycles. The maximum Gasteiger partial charge on any atom is 0.0605 e. The number of aliphatic hydroxyl groups excluding tert-OH is 1. The van der Waals surface area contributed by atoms with Crippen LogP contribution in [0.15, 0.2) is 54.9 Å². The SMILES string of the molecule is CC1(CNC(c2ccccc2)c2ccncc2)CCCCC1O. The minimum atomic E-state index is -0.211. The van der Waals surface area contributed by atoms with Gasteiger partial charge in [-0.15, -0.1) is 0 Å². The van der Waals surface area contributed by atoms with E-state index in [2.05, 4.69) is 53.6 Å². The van der Waals surface area contributed by atoms with Crippen molar-refractivity contribution in [2.75, 3.05) is 6.54 Å². The van der Waals surface area contributed by atoms with Gasteiger partial charge in [-0.3, -0.25) is 4.98 Å². The largest absolute Gasteiger partial charge is 0.393 e. The summed E-state index contributed by atoms with van der Waals surface area (Å²) < 4.78 is 0. The van der Waals surface area contributed by atoms with E-state index in [4.69, 9.17) is 0 Å². The molecule has 0 radical (unpaired) electrons. The van der Waals surface area contributed by atoms with Crippen molar-refractivity contribution < 1.29 is 5.11 Å². The Morgan fingerprint density at radius 1 is 1.13 bits per heavy atom. The summed E-state index contributed by atoms with van der Waals surface area (Å²) in [5.74, 6) is 0. The monoisotopic (exact) mass is 310 g/mol. The lowest BCUT2D eigenvalue weighted by atomic mass is 9.73. The minimum Gasteiger partial charge on any atom is -0.393 e. The number of benzene rings is 1. The van der Waals surface area contributed by atoms with Crippen LogP contribution in [0.5, 0.6) is 0 Å². The highest BCUT2D eigenvalue weighted by atomic mass is 16.3. The molecular weight excluding hydrogens is 284 g/mol. The number of pyridine rings is 1. The van der Waals surface area contributed by atoms with Gasteiger partial charge in [0.05, 0.1) is 12.1 Å². The summed E-state index contributed by atoms with van der Waals surface area (Å²) in [5.41, 5.74) is 2.41. The molecule has 1 aromatic carbocycles. The summed E-state index contributed by atoms with van der Waals surface area (Å²) in [4.78, 5) is 4.13. The molecule has 0 aliphatic heterocycles. The van der Waals surface area contributed by atoms with E-state index in [0.29, 0.717) is 0 Å². The summed E-state index contributed by atoms with van der Waals surface area (Å²) in [6.07, 6.45) is 7.82. The van der Waals surface area contributed by atoms with Crippen molar-refractivity contribution in [3.8, 4) is 0 Å². The molecule has 1 saturated carbocycles. The Kier molecular flexibility index (Phi) is 5.09. The highest BCUT2D eigenvalue weighted by Crippen LogP contribution is 2.36. The average Bonchev–Trinajstić information content (AvgIpc) is 2.60. The first-order valence-corrected chi connectivity index (χ1v) is 8.55. The number of rotatable bonds is 5. The number of nitrogens with one attached hydrogen (secondary N) is 1. The lowest BCUT2D eigenvalue weighted by Crippen LogP contribution is -2.44. The van der Waals surface area contributed by atoms with Crippen molar-refractivity contribution >= 4 is 0 Å². The molecule has 0 amide bonds. The lowest BCUT2D eigenvalue weighted by molar-refractivity contribution is 0.000316. The fourth-order valence-electron chi connectivity index (χ4n) is 3.55. The Balaban J connectivity index is 1.80. The second-order valence-electron chi connectivity index (χ2n) is 6.92. The maximum absolute atomic E-state index is 10.4. The summed E-state index contributed by atoms with van der Waals surface area (Å²) in [6.45, 7) is 3.02. The van der Waals surface area contributed by atoms with Crippen LogP contribution in [0.25, 0.3) is 0 Å². The first kappa shape index (κ1) is 16.2. The normalized spacial score (nSPS) is 25.9. The Bertz CT molecular complexity index is 562. The van der Waals surface area contributed by atoms with Crippen molar-refractivity contribution in [3.63, 3.8) is 0 Å². The summed E-state index contributed by atoms with van der Waals surface area (Å²) in [6, 6.07) is 14.7. The van der Waals surface area contributed by atoms with E-state index < -0.39 is 0 Å². The Hall–Kier alpha value is -1.71. The van der Waals surface area contributed by atoms with Gasteiger partial charge < -0.3 is 10.4 Å². The van der Waals surface area contributed by atoms with Crippen LogP contribution in [-0.4, -0.2) is 22.7 Å². The molecule has 3 heteroatoms. The van der Waals surface area contributed by atoms with Crippen molar-refractivity contribution in [1.82, 2.24) is 10.3 Å². The highest BCUT2D eigenvalue weighted by Gasteiger charge is 2.35. The predicted octanol–water partition coefficient (Wildman–Crippen LogP) is 3.70. The van der Waals surface area contributed by atoms with E-state index in [9.17, 15) is 5.11 Å². The van der Waals surface area contributed by atoms with Crippen LogP contribution in [0.1, 0.15) is 49.8 Å². The van der Waals surface area contributed by atoms with E-state index in [0.717, 1.165) is 25.8 Å². The lowest BCUT2D eigenvalue weighted by Gasteiger charge is -2.39. The van der Waals surface area contributed by atoms with Crippen LogP contribution < -0.4 is 5.32 Å². The van der Waals surface area contributed by atoms with Crippen LogP contribution in [0.2, 0.25) is 0 Å². The van der Waals surface area contributed by atoms with Gasteiger partial charge in [-0.2, -0.15) is 0 Å². The third-order valence-electron chi connectivity index (χ3n) is 5.16. The van der Waals surface area contributed by atoms with Gasteiger partial charge in [-0.05, 0) is 36.1 Å². The summed E-state index contributed by atoms with van der Waals surface area (Å²) in [7, 11) is 0. The fraction of sp³-hybridized carbons (Fsp3) is 0.450. The third-order valence-corrected chi connectivity index (χ3v) is 5.16. The van der Waals surface area contributed by atoms with Crippen LogP contribution >= 0.6 is 0 Å². The van der Waals surface area contributed by atoms with E-state index in [1.165, 1.54) is 17.5 Å². The third kappa shape index (κ3) is 3.80. The van der Waals surface area contributed by atoms with Crippen molar-refractivity contribution in [2.45, 2.75) is 44.8 Å². The Morgan fingerprint density at radius 2 is 1.83 bits per heavy atom. The fourth-order valence-corrected chi connectivity index (χ4v) is 3.55. The van der Waals surface area contributed by atoms with Gasteiger partial charge in [0.2, 0.25) is 0 Å². The van der Waals surface area contributed by atoms with Gasteiger partial charge in [0, 0.05) is 24.4 Å². The van der Waals surface area contributed by atoms with Crippen molar-refractivity contribution in [1.29, 1.82) is 0 Å². The number of aliphatic hydroxyl groups is 1. The number of hydrogen-bond acceptors (Lipinski definition) is 3. The number of hydrogen-bond donors (Lipinski definition) is 2. The summed E-state index contributed by atoms with van der Waals surface area (Å²) >= 11 is 0. The zero-order chi connectivity index (χ0) is 16.1. The minimum absolute atomic E-state index is 0.0433. The second-order valence-corrected chi connectivity index (χ2v) is 6.92. The van der Waals surface area contributed by atoms with Gasteiger partial charge in [0.1, 0.15) is 0 Å². The molecule has 3 rings (SSSR count). The molecule has 0 bridgehead atoms. The van der Waals surface area contributed by atoms with Crippen molar-refractivity contribution in [2.24, 2.45) is 5.41 Å². The van der Waals surface area contributed by atoms with Crippen molar-refractivity contribution in [3.05, 3.63) is 66.0 Å². The molecule has 3 nitrogen and oxygen atoms in total. The molecule has 23 heavy (non-hydrogen) atoms. The van der Waals surface area contributed by atoms with Crippen LogP contribution in [0.3, 0.4) is 0 Å². The molecule has 1 fully saturated rings. The molecule has 1 aromatic heterocycles. The van der Waals surface area contributed by atoms with Gasteiger partial charge in [0.15, 0.2) is 0 Å².